The van der Waals surface area contributed by atoms with Gasteiger partial charge in [0.1, 0.15) is 0 Å². The predicted octanol–water partition coefficient (Wildman–Crippen LogP) is 2.66. The fourth-order valence-corrected chi connectivity index (χ4v) is 3.40. The number of likely N-dealkylation sites (tertiary alicyclic amines) is 1. The van der Waals surface area contributed by atoms with Gasteiger partial charge in [-0.25, -0.2) is 0 Å². The minimum Gasteiger partial charge on any atom is -0.375 e. The predicted molar refractivity (Wildman–Crippen MR) is 99.8 cm³/mol. The summed E-state index contributed by atoms with van der Waals surface area (Å²) >= 11 is 0. The maximum atomic E-state index is 12.7. The number of carbonyl (C=O) groups is 2. The van der Waals surface area contributed by atoms with Gasteiger partial charge >= 0.3 is 0 Å². The number of carbonyl (C=O) groups excluding carboxylic acids is 2. The van der Waals surface area contributed by atoms with E-state index in [0.29, 0.717) is 19.1 Å². The van der Waals surface area contributed by atoms with Crippen molar-refractivity contribution in [2.45, 2.75) is 45.1 Å². The van der Waals surface area contributed by atoms with Gasteiger partial charge in [-0.05, 0) is 56.4 Å². The summed E-state index contributed by atoms with van der Waals surface area (Å²) < 4.78 is 0. The lowest BCUT2D eigenvalue weighted by molar-refractivity contribution is -0.126. The number of nitrogens with one attached hydrogen (secondary N) is 1. The first-order valence-corrected chi connectivity index (χ1v) is 9.49. The minimum atomic E-state index is 0.0646. The Morgan fingerprint density at radius 3 is 2.32 bits per heavy atom. The van der Waals surface area contributed by atoms with E-state index < -0.39 is 0 Å². The molecule has 1 aromatic rings. The van der Waals surface area contributed by atoms with Gasteiger partial charge in [0.2, 0.25) is 5.91 Å². The molecule has 1 saturated carbocycles. The number of rotatable bonds is 6. The lowest BCUT2D eigenvalue weighted by atomic mass is 9.95. The third kappa shape index (κ3) is 4.53. The highest BCUT2D eigenvalue weighted by Crippen LogP contribution is 2.24. The quantitative estimate of drug-likeness (QED) is 0.864. The van der Waals surface area contributed by atoms with Gasteiger partial charge in [-0.3, -0.25) is 9.59 Å². The van der Waals surface area contributed by atoms with Crippen LogP contribution in [0.5, 0.6) is 0 Å². The Balaban J connectivity index is 1.52. The van der Waals surface area contributed by atoms with E-state index in [9.17, 15) is 9.59 Å². The summed E-state index contributed by atoms with van der Waals surface area (Å²) in [7, 11) is 2.07. The smallest absolute Gasteiger partial charge is 0.253 e. The van der Waals surface area contributed by atoms with Crippen molar-refractivity contribution >= 4 is 17.5 Å². The third-order valence-electron chi connectivity index (χ3n) is 5.19. The highest BCUT2D eigenvalue weighted by Gasteiger charge is 2.31. The maximum Gasteiger partial charge on any atom is 0.253 e. The van der Waals surface area contributed by atoms with E-state index in [-0.39, 0.29) is 17.7 Å². The van der Waals surface area contributed by atoms with Gasteiger partial charge in [0.05, 0.1) is 0 Å². The van der Waals surface area contributed by atoms with Crippen LogP contribution in [0.4, 0.5) is 5.69 Å². The van der Waals surface area contributed by atoms with Gasteiger partial charge < -0.3 is 15.1 Å². The molecule has 1 saturated heterocycles. The summed E-state index contributed by atoms with van der Waals surface area (Å²) in [5, 5.41) is 3.08. The average Bonchev–Trinajstić information content (AvgIpc) is 3.45. The second-order valence-corrected chi connectivity index (χ2v) is 7.32. The van der Waals surface area contributed by atoms with Crippen LogP contribution in [0.2, 0.25) is 0 Å². The molecular weight excluding hydrogens is 314 g/mol. The second kappa shape index (κ2) is 7.89. The zero-order chi connectivity index (χ0) is 17.8. The topological polar surface area (TPSA) is 52.7 Å². The first-order chi connectivity index (χ1) is 12.1. The van der Waals surface area contributed by atoms with E-state index in [1.807, 2.05) is 29.2 Å². The largest absolute Gasteiger partial charge is 0.375 e. The standard InChI is InChI=1S/C20H29N3O2/c1-3-12-22(2)18-8-4-16(5-9-18)20(25)23-13-10-15(11-14-23)19(24)21-17-6-7-17/h4-5,8-9,15,17H,3,6-7,10-14H2,1-2H3,(H,21,24). The summed E-state index contributed by atoms with van der Waals surface area (Å²) in [6, 6.07) is 8.26. The number of hydrogen-bond donors (Lipinski definition) is 1. The molecule has 1 aliphatic heterocycles. The van der Waals surface area contributed by atoms with E-state index in [4.69, 9.17) is 0 Å². The van der Waals surface area contributed by atoms with Crippen molar-refractivity contribution in [2.75, 3.05) is 31.6 Å². The lowest BCUT2D eigenvalue weighted by Gasteiger charge is -2.31. The Hall–Kier alpha value is -2.04. The van der Waals surface area contributed by atoms with E-state index in [0.717, 1.165) is 49.9 Å². The van der Waals surface area contributed by atoms with Gasteiger partial charge in [-0.1, -0.05) is 6.92 Å². The Morgan fingerprint density at radius 2 is 1.76 bits per heavy atom. The summed E-state index contributed by atoms with van der Waals surface area (Å²) in [6.45, 7) is 4.49. The van der Waals surface area contributed by atoms with Crippen LogP contribution in [0.1, 0.15) is 49.4 Å². The molecule has 0 unspecified atom stereocenters. The molecule has 1 N–H and O–H groups in total. The van der Waals surface area contributed by atoms with Gasteiger partial charge in [0, 0.05) is 49.9 Å². The number of anilines is 1. The van der Waals surface area contributed by atoms with Gasteiger partial charge in [-0.15, -0.1) is 0 Å². The Bertz CT molecular complexity index is 602. The van der Waals surface area contributed by atoms with Crippen LogP contribution in [0, 0.1) is 5.92 Å². The van der Waals surface area contributed by atoms with Crippen LogP contribution < -0.4 is 10.2 Å². The van der Waals surface area contributed by atoms with Crippen molar-refractivity contribution in [1.29, 1.82) is 0 Å². The van der Waals surface area contributed by atoms with E-state index >= 15 is 0 Å². The highest BCUT2D eigenvalue weighted by atomic mass is 16.2. The zero-order valence-electron chi connectivity index (χ0n) is 15.3. The fourth-order valence-electron chi connectivity index (χ4n) is 3.40. The van der Waals surface area contributed by atoms with Crippen LogP contribution >= 0.6 is 0 Å². The van der Waals surface area contributed by atoms with Crippen LogP contribution in [-0.4, -0.2) is 49.4 Å². The van der Waals surface area contributed by atoms with Crippen LogP contribution in [0.15, 0.2) is 24.3 Å². The molecule has 0 atom stereocenters. The summed E-state index contributed by atoms with van der Waals surface area (Å²) in [6.07, 6.45) is 4.86. The van der Waals surface area contributed by atoms with Crippen molar-refractivity contribution < 1.29 is 9.59 Å². The molecule has 2 aliphatic rings. The number of benzene rings is 1. The highest BCUT2D eigenvalue weighted by molar-refractivity contribution is 5.94. The molecule has 1 aliphatic carbocycles. The van der Waals surface area contributed by atoms with E-state index in [2.05, 4.69) is 24.2 Å². The van der Waals surface area contributed by atoms with Crippen LogP contribution in [-0.2, 0) is 4.79 Å². The Morgan fingerprint density at radius 1 is 1.12 bits per heavy atom. The molecule has 136 valence electrons. The van der Waals surface area contributed by atoms with Gasteiger partial charge in [-0.2, -0.15) is 0 Å². The normalized spacial score (nSPS) is 18.1. The Kier molecular flexibility index (Phi) is 5.61. The molecular formula is C20H29N3O2. The Labute approximate surface area is 150 Å². The van der Waals surface area contributed by atoms with Crippen molar-refractivity contribution in [1.82, 2.24) is 10.2 Å². The number of amides is 2. The number of nitrogens with zero attached hydrogens (tertiary/aromatic N) is 2. The molecule has 1 heterocycles. The van der Waals surface area contributed by atoms with Crippen molar-refractivity contribution in [3.05, 3.63) is 29.8 Å². The van der Waals surface area contributed by atoms with Crippen molar-refractivity contribution in [2.24, 2.45) is 5.92 Å². The third-order valence-corrected chi connectivity index (χ3v) is 5.19. The molecule has 0 aromatic heterocycles. The number of piperidine rings is 1. The lowest BCUT2D eigenvalue weighted by Crippen LogP contribution is -2.43. The monoisotopic (exact) mass is 343 g/mol. The molecule has 5 nitrogen and oxygen atoms in total. The van der Waals surface area contributed by atoms with Gasteiger partial charge in [0.25, 0.3) is 5.91 Å². The molecule has 2 fully saturated rings. The van der Waals surface area contributed by atoms with Crippen LogP contribution in [0.3, 0.4) is 0 Å². The summed E-state index contributed by atoms with van der Waals surface area (Å²) in [5.74, 6) is 0.318. The van der Waals surface area contributed by atoms with E-state index in [1.165, 1.54) is 0 Å². The fraction of sp³-hybridized carbons (Fsp3) is 0.600. The molecule has 2 amide bonds. The van der Waals surface area contributed by atoms with Crippen molar-refractivity contribution in [3.8, 4) is 0 Å². The first kappa shape index (κ1) is 17.8. The first-order valence-electron chi connectivity index (χ1n) is 9.49. The summed E-state index contributed by atoms with van der Waals surface area (Å²) in [5.41, 5.74) is 1.86. The molecule has 3 rings (SSSR count). The molecule has 0 bridgehead atoms. The summed E-state index contributed by atoms with van der Waals surface area (Å²) in [4.78, 5) is 28.9. The molecule has 25 heavy (non-hydrogen) atoms. The van der Waals surface area contributed by atoms with Gasteiger partial charge in [0.15, 0.2) is 0 Å². The zero-order valence-corrected chi connectivity index (χ0v) is 15.3. The number of hydrogen-bond acceptors (Lipinski definition) is 3. The molecule has 0 spiro atoms. The molecule has 0 radical (unpaired) electrons. The minimum absolute atomic E-state index is 0.0646. The molecule has 5 heteroatoms. The van der Waals surface area contributed by atoms with Crippen LogP contribution in [0.25, 0.3) is 0 Å². The van der Waals surface area contributed by atoms with Crippen molar-refractivity contribution in [3.63, 3.8) is 0 Å². The molecule has 1 aromatic carbocycles. The maximum absolute atomic E-state index is 12.7. The van der Waals surface area contributed by atoms with E-state index in [1.54, 1.807) is 0 Å². The average molecular weight is 343 g/mol. The second-order valence-electron chi connectivity index (χ2n) is 7.32. The SMILES string of the molecule is CCCN(C)c1ccc(C(=O)N2CCC(C(=O)NC3CC3)CC2)cc1.